The second-order valence-electron chi connectivity index (χ2n) is 4.56. The number of benzene rings is 1. The van der Waals surface area contributed by atoms with Crippen molar-refractivity contribution in [3.05, 3.63) is 33.8 Å². The molecule has 0 saturated heterocycles. The molecule has 0 spiro atoms. The molecule has 0 bridgehead atoms. The second kappa shape index (κ2) is 4.95. The maximum atomic E-state index is 6.27. The van der Waals surface area contributed by atoms with Crippen molar-refractivity contribution in [3.8, 4) is 0 Å². The lowest BCUT2D eigenvalue weighted by Gasteiger charge is -2.20. The van der Waals surface area contributed by atoms with Crippen molar-refractivity contribution in [2.75, 3.05) is 6.54 Å². The molecular formula is C13H17Cl2N. The van der Waals surface area contributed by atoms with Gasteiger partial charge in [0.25, 0.3) is 0 Å². The summed E-state index contributed by atoms with van der Waals surface area (Å²) in [6, 6.07) is 6.24. The normalized spacial score (nSPS) is 25.5. The van der Waals surface area contributed by atoms with Gasteiger partial charge in [-0.1, -0.05) is 49.2 Å². The lowest BCUT2D eigenvalue weighted by molar-refractivity contribution is 0.476. The zero-order valence-corrected chi connectivity index (χ0v) is 11.1. The molecular weight excluding hydrogens is 241 g/mol. The number of hydrogen-bond donors (Lipinski definition) is 1. The predicted molar refractivity (Wildman–Crippen MR) is 70.2 cm³/mol. The molecule has 1 nitrogen and oxygen atoms in total. The first-order valence-electron chi connectivity index (χ1n) is 5.82. The van der Waals surface area contributed by atoms with Crippen LogP contribution in [0.3, 0.4) is 0 Å². The van der Waals surface area contributed by atoms with Crippen molar-refractivity contribution in [1.82, 2.24) is 5.32 Å². The average molecular weight is 258 g/mol. The van der Waals surface area contributed by atoms with Gasteiger partial charge >= 0.3 is 0 Å². The summed E-state index contributed by atoms with van der Waals surface area (Å²) < 4.78 is 0. The van der Waals surface area contributed by atoms with E-state index < -0.39 is 0 Å². The molecule has 3 heteroatoms. The third-order valence-electron chi connectivity index (χ3n) is 3.34. The quantitative estimate of drug-likeness (QED) is 0.849. The van der Waals surface area contributed by atoms with E-state index in [1.807, 2.05) is 12.1 Å². The highest BCUT2D eigenvalue weighted by atomic mass is 35.5. The van der Waals surface area contributed by atoms with E-state index >= 15 is 0 Å². The molecule has 2 rings (SSSR count). The van der Waals surface area contributed by atoms with Crippen LogP contribution in [-0.2, 0) is 0 Å². The summed E-state index contributed by atoms with van der Waals surface area (Å²) in [6.07, 6.45) is 1.28. The number of nitrogens with one attached hydrogen (secondary N) is 1. The molecule has 0 amide bonds. The Balaban J connectivity index is 2.28. The first-order chi connectivity index (χ1) is 7.65. The van der Waals surface area contributed by atoms with Crippen LogP contribution in [0.4, 0.5) is 0 Å². The van der Waals surface area contributed by atoms with Gasteiger partial charge in [-0.2, -0.15) is 0 Å². The highest BCUT2D eigenvalue weighted by Gasteiger charge is 2.40. The average Bonchev–Trinajstić information content (AvgIpc) is 2.97. The van der Waals surface area contributed by atoms with E-state index in [-0.39, 0.29) is 0 Å². The van der Waals surface area contributed by atoms with Crippen LogP contribution in [0.2, 0.25) is 10.0 Å². The van der Waals surface area contributed by atoms with Crippen LogP contribution in [0.15, 0.2) is 18.2 Å². The molecule has 1 aliphatic carbocycles. The van der Waals surface area contributed by atoms with Crippen molar-refractivity contribution in [1.29, 1.82) is 0 Å². The Kier molecular flexibility index (Phi) is 3.78. The van der Waals surface area contributed by atoms with E-state index in [0.29, 0.717) is 22.0 Å². The van der Waals surface area contributed by atoms with Gasteiger partial charge in [0, 0.05) is 6.04 Å². The molecule has 88 valence electrons. The van der Waals surface area contributed by atoms with E-state index in [4.69, 9.17) is 23.2 Å². The first kappa shape index (κ1) is 12.2. The number of halogens is 2. The fourth-order valence-electron chi connectivity index (χ4n) is 2.29. The van der Waals surface area contributed by atoms with Gasteiger partial charge in [0.1, 0.15) is 0 Å². The zero-order valence-electron chi connectivity index (χ0n) is 9.63. The van der Waals surface area contributed by atoms with E-state index in [0.717, 1.165) is 18.0 Å². The predicted octanol–water partition coefficient (Wildman–Crippen LogP) is 4.30. The summed E-state index contributed by atoms with van der Waals surface area (Å²) in [7, 11) is 0. The van der Waals surface area contributed by atoms with Crippen molar-refractivity contribution < 1.29 is 0 Å². The van der Waals surface area contributed by atoms with Crippen LogP contribution >= 0.6 is 23.2 Å². The maximum Gasteiger partial charge on any atom is 0.0640 e. The molecule has 1 aliphatic rings. The molecule has 0 radical (unpaired) electrons. The van der Waals surface area contributed by atoms with Crippen molar-refractivity contribution in [2.24, 2.45) is 11.8 Å². The summed E-state index contributed by atoms with van der Waals surface area (Å²) in [5, 5.41) is 4.87. The van der Waals surface area contributed by atoms with Crippen molar-refractivity contribution >= 4 is 23.2 Å². The van der Waals surface area contributed by atoms with Gasteiger partial charge < -0.3 is 5.32 Å². The molecule has 1 fully saturated rings. The standard InChI is InChI=1S/C13H17Cl2N/c1-3-16-13(10-7-8(10)2)9-5-4-6-11(14)12(9)15/h4-6,8,10,13,16H,3,7H2,1-2H3. The van der Waals surface area contributed by atoms with Crippen LogP contribution < -0.4 is 5.32 Å². The van der Waals surface area contributed by atoms with Gasteiger partial charge in [-0.05, 0) is 36.4 Å². The Morgan fingerprint density at radius 1 is 1.44 bits per heavy atom. The largest absolute Gasteiger partial charge is 0.310 e. The van der Waals surface area contributed by atoms with Crippen LogP contribution in [-0.4, -0.2) is 6.54 Å². The van der Waals surface area contributed by atoms with Crippen LogP contribution in [0.5, 0.6) is 0 Å². The summed E-state index contributed by atoms with van der Waals surface area (Å²) in [5.74, 6) is 1.50. The van der Waals surface area contributed by atoms with Gasteiger partial charge in [0.2, 0.25) is 0 Å². The Labute approximate surface area is 107 Å². The second-order valence-corrected chi connectivity index (χ2v) is 5.34. The van der Waals surface area contributed by atoms with Gasteiger partial charge in [-0.3, -0.25) is 0 Å². The Bertz CT molecular complexity index is 378. The Morgan fingerprint density at radius 3 is 2.69 bits per heavy atom. The third-order valence-corrected chi connectivity index (χ3v) is 4.17. The van der Waals surface area contributed by atoms with Crippen LogP contribution in [0, 0.1) is 11.8 Å². The molecule has 1 aromatic carbocycles. The third kappa shape index (κ3) is 2.37. The lowest BCUT2D eigenvalue weighted by atomic mass is 10.0. The molecule has 0 aliphatic heterocycles. The molecule has 1 aromatic rings. The highest BCUT2D eigenvalue weighted by Crippen LogP contribution is 2.48. The monoisotopic (exact) mass is 257 g/mol. The van der Waals surface area contributed by atoms with Gasteiger partial charge in [0.05, 0.1) is 10.0 Å². The fraction of sp³-hybridized carbons (Fsp3) is 0.538. The van der Waals surface area contributed by atoms with Gasteiger partial charge in [0.15, 0.2) is 0 Å². The van der Waals surface area contributed by atoms with Crippen molar-refractivity contribution in [3.63, 3.8) is 0 Å². The molecule has 1 N–H and O–H groups in total. The smallest absolute Gasteiger partial charge is 0.0640 e. The molecule has 16 heavy (non-hydrogen) atoms. The SMILES string of the molecule is CCNC(c1cccc(Cl)c1Cl)C1CC1C. The summed E-state index contributed by atoms with van der Waals surface area (Å²) in [4.78, 5) is 0. The maximum absolute atomic E-state index is 6.27. The fourth-order valence-corrected chi connectivity index (χ4v) is 2.71. The lowest BCUT2D eigenvalue weighted by Crippen LogP contribution is -2.23. The molecule has 0 aromatic heterocycles. The van der Waals surface area contributed by atoms with E-state index in [1.165, 1.54) is 6.42 Å². The first-order valence-corrected chi connectivity index (χ1v) is 6.58. The zero-order chi connectivity index (χ0) is 11.7. The summed E-state index contributed by atoms with van der Waals surface area (Å²) >= 11 is 12.3. The molecule has 0 heterocycles. The minimum Gasteiger partial charge on any atom is -0.310 e. The molecule has 3 unspecified atom stereocenters. The van der Waals surface area contributed by atoms with E-state index in [2.05, 4.69) is 25.2 Å². The Hall–Kier alpha value is -0.240. The molecule has 3 atom stereocenters. The van der Waals surface area contributed by atoms with E-state index in [9.17, 15) is 0 Å². The minimum absolute atomic E-state index is 0.353. The number of rotatable bonds is 4. The van der Waals surface area contributed by atoms with Gasteiger partial charge in [-0.25, -0.2) is 0 Å². The van der Waals surface area contributed by atoms with Crippen molar-refractivity contribution in [2.45, 2.75) is 26.3 Å². The van der Waals surface area contributed by atoms with Gasteiger partial charge in [-0.15, -0.1) is 0 Å². The summed E-state index contributed by atoms with van der Waals surface area (Å²) in [6.45, 7) is 5.36. The van der Waals surface area contributed by atoms with E-state index in [1.54, 1.807) is 0 Å². The topological polar surface area (TPSA) is 12.0 Å². The van der Waals surface area contributed by atoms with Crippen LogP contribution in [0.1, 0.15) is 31.9 Å². The van der Waals surface area contributed by atoms with Crippen LogP contribution in [0.25, 0.3) is 0 Å². The highest BCUT2D eigenvalue weighted by molar-refractivity contribution is 6.42. The number of hydrogen-bond acceptors (Lipinski definition) is 1. The minimum atomic E-state index is 0.353. The molecule has 1 saturated carbocycles. The summed E-state index contributed by atoms with van der Waals surface area (Å²) in [5.41, 5.74) is 1.14. The Morgan fingerprint density at radius 2 is 2.12 bits per heavy atom.